The van der Waals surface area contributed by atoms with Crippen molar-refractivity contribution in [2.75, 3.05) is 7.11 Å². The lowest BCUT2D eigenvalue weighted by atomic mass is 10.2. The third-order valence-electron chi connectivity index (χ3n) is 4.05. The predicted octanol–water partition coefficient (Wildman–Crippen LogP) is 1.57. The van der Waals surface area contributed by atoms with E-state index in [0.29, 0.717) is 11.3 Å². The van der Waals surface area contributed by atoms with Crippen molar-refractivity contribution in [2.45, 2.75) is 18.8 Å². The Balaban J connectivity index is 1.99. The van der Waals surface area contributed by atoms with Crippen LogP contribution in [0.1, 0.15) is 23.4 Å². The summed E-state index contributed by atoms with van der Waals surface area (Å²) >= 11 is 0. The molecule has 0 aliphatic carbocycles. The van der Waals surface area contributed by atoms with E-state index in [9.17, 15) is 13.5 Å². The number of sulfone groups is 1. The molecule has 2 heterocycles. The molecule has 1 aliphatic rings. The SMILES string of the molecule is COc1ccc(CN2C([O-])=C(C)S(=O)(=O)C2c2cccnc2)cc1. The molecular formula is C17H17N2O4S-. The zero-order chi connectivity index (χ0) is 17.3. The lowest BCUT2D eigenvalue weighted by Crippen LogP contribution is -2.31. The molecule has 126 valence electrons. The van der Waals surface area contributed by atoms with Gasteiger partial charge in [0.2, 0.25) is 0 Å². The van der Waals surface area contributed by atoms with Gasteiger partial charge in [0.05, 0.1) is 12.0 Å². The van der Waals surface area contributed by atoms with Gasteiger partial charge in [-0.1, -0.05) is 18.2 Å². The highest BCUT2D eigenvalue weighted by Crippen LogP contribution is 2.40. The Morgan fingerprint density at radius 1 is 1.25 bits per heavy atom. The largest absolute Gasteiger partial charge is 0.860 e. The fourth-order valence-electron chi connectivity index (χ4n) is 2.73. The Bertz CT molecular complexity index is 861. The predicted molar refractivity (Wildman–Crippen MR) is 87.1 cm³/mol. The summed E-state index contributed by atoms with van der Waals surface area (Å²) in [4.78, 5) is 5.21. The van der Waals surface area contributed by atoms with Crippen molar-refractivity contribution in [2.24, 2.45) is 0 Å². The molecule has 0 fully saturated rings. The summed E-state index contributed by atoms with van der Waals surface area (Å²) in [6.45, 7) is 1.55. The van der Waals surface area contributed by atoms with Gasteiger partial charge in [0, 0.05) is 24.5 Å². The monoisotopic (exact) mass is 345 g/mol. The Morgan fingerprint density at radius 2 is 1.96 bits per heavy atom. The summed E-state index contributed by atoms with van der Waals surface area (Å²) in [6.07, 6.45) is 3.05. The number of aromatic nitrogens is 1. The lowest BCUT2D eigenvalue weighted by Gasteiger charge is -2.31. The Hall–Kier alpha value is -2.54. The zero-order valence-corrected chi connectivity index (χ0v) is 14.2. The van der Waals surface area contributed by atoms with Crippen LogP contribution < -0.4 is 9.84 Å². The minimum atomic E-state index is -3.72. The van der Waals surface area contributed by atoms with E-state index in [4.69, 9.17) is 4.74 Å². The van der Waals surface area contributed by atoms with Crippen molar-refractivity contribution >= 4 is 9.84 Å². The van der Waals surface area contributed by atoms with Crippen molar-refractivity contribution in [3.63, 3.8) is 0 Å². The van der Waals surface area contributed by atoms with Crippen LogP contribution in [0.2, 0.25) is 0 Å². The van der Waals surface area contributed by atoms with E-state index in [1.54, 1.807) is 37.6 Å². The summed E-state index contributed by atoms with van der Waals surface area (Å²) in [6, 6.07) is 10.5. The lowest BCUT2D eigenvalue weighted by molar-refractivity contribution is -0.334. The molecule has 1 atom stereocenters. The fourth-order valence-corrected chi connectivity index (χ4v) is 4.43. The molecule has 0 saturated heterocycles. The second kappa shape index (κ2) is 6.16. The number of hydrogen-bond donors (Lipinski definition) is 0. The van der Waals surface area contributed by atoms with Crippen LogP contribution in [0, 0.1) is 0 Å². The number of hydrogen-bond acceptors (Lipinski definition) is 6. The van der Waals surface area contributed by atoms with Crippen molar-refractivity contribution in [1.82, 2.24) is 9.88 Å². The van der Waals surface area contributed by atoms with E-state index in [-0.39, 0.29) is 11.4 Å². The first kappa shape index (κ1) is 16.3. The van der Waals surface area contributed by atoms with Crippen LogP contribution in [-0.4, -0.2) is 25.4 Å². The Labute approximate surface area is 140 Å². The van der Waals surface area contributed by atoms with Gasteiger partial charge in [0.15, 0.2) is 15.2 Å². The van der Waals surface area contributed by atoms with Crippen LogP contribution >= 0.6 is 0 Å². The Kier molecular flexibility index (Phi) is 4.19. The van der Waals surface area contributed by atoms with Gasteiger partial charge in [-0.15, -0.1) is 0 Å². The normalized spacial score (nSPS) is 19.6. The average Bonchev–Trinajstić information content (AvgIpc) is 2.76. The third kappa shape index (κ3) is 2.71. The highest BCUT2D eigenvalue weighted by Gasteiger charge is 2.40. The van der Waals surface area contributed by atoms with Gasteiger partial charge in [-0.2, -0.15) is 0 Å². The molecular weight excluding hydrogens is 328 g/mol. The first-order chi connectivity index (χ1) is 11.4. The Morgan fingerprint density at radius 3 is 2.54 bits per heavy atom. The van der Waals surface area contributed by atoms with Crippen LogP contribution in [0.3, 0.4) is 0 Å². The minimum Gasteiger partial charge on any atom is -0.860 e. The molecule has 7 heteroatoms. The molecule has 24 heavy (non-hydrogen) atoms. The van der Waals surface area contributed by atoms with E-state index < -0.39 is 21.1 Å². The molecule has 6 nitrogen and oxygen atoms in total. The minimum absolute atomic E-state index is 0.134. The second-order valence-electron chi connectivity index (χ2n) is 5.52. The van der Waals surface area contributed by atoms with Gasteiger partial charge in [-0.05, 0) is 36.6 Å². The summed E-state index contributed by atoms with van der Waals surface area (Å²) in [5.41, 5.74) is 1.30. The second-order valence-corrected chi connectivity index (χ2v) is 7.67. The van der Waals surface area contributed by atoms with Crippen LogP contribution in [0.15, 0.2) is 59.6 Å². The molecule has 0 spiro atoms. The van der Waals surface area contributed by atoms with Crippen molar-refractivity contribution in [1.29, 1.82) is 0 Å². The molecule has 3 rings (SSSR count). The molecule has 0 N–H and O–H groups in total. The zero-order valence-electron chi connectivity index (χ0n) is 13.3. The molecule has 1 aromatic heterocycles. The van der Waals surface area contributed by atoms with Crippen LogP contribution in [0.5, 0.6) is 5.75 Å². The smallest absolute Gasteiger partial charge is 0.200 e. The van der Waals surface area contributed by atoms with E-state index >= 15 is 0 Å². The van der Waals surface area contributed by atoms with E-state index in [0.717, 1.165) is 5.56 Å². The van der Waals surface area contributed by atoms with Crippen molar-refractivity contribution in [3.8, 4) is 5.75 Å². The van der Waals surface area contributed by atoms with Gasteiger partial charge in [0.1, 0.15) is 5.75 Å². The molecule has 1 unspecified atom stereocenters. The molecule has 0 amide bonds. The molecule has 2 aromatic rings. The van der Waals surface area contributed by atoms with Crippen molar-refractivity contribution in [3.05, 3.63) is 70.7 Å². The standard InChI is InChI=1S/C17H18N2O4S/c1-12-16(20)19(11-13-5-7-15(23-2)8-6-13)17(24(12,21)22)14-4-3-9-18-10-14/h3-10,17,20H,11H2,1-2H3/p-1. The number of benzene rings is 1. The van der Waals surface area contributed by atoms with E-state index in [1.807, 2.05) is 12.1 Å². The molecule has 1 aliphatic heterocycles. The number of allylic oxidation sites excluding steroid dienone is 1. The number of nitrogens with zero attached hydrogens (tertiary/aromatic N) is 2. The van der Waals surface area contributed by atoms with E-state index in [1.165, 1.54) is 18.0 Å². The van der Waals surface area contributed by atoms with Crippen LogP contribution in [0.4, 0.5) is 0 Å². The quantitative estimate of drug-likeness (QED) is 0.836. The maximum Gasteiger partial charge on any atom is 0.200 e. The number of pyridine rings is 1. The number of methoxy groups -OCH3 is 1. The fraction of sp³-hybridized carbons (Fsp3) is 0.235. The summed E-state index contributed by atoms with van der Waals surface area (Å²) in [5, 5.41) is 11.5. The number of ether oxygens (including phenoxy) is 1. The van der Waals surface area contributed by atoms with Gasteiger partial charge in [0.25, 0.3) is 0 Å². The van der Waals surface area contributed by atoms with Gasteiger partial charge >= 0.3 is 0 Å². The van der Waals surface area contributed by atoms with Crippen LogP contribution in [-0.2, 0) is 16.4 Å². The highest BCUT2D eigenvalue weighted by atomic mass is 32.2. The van der Waals surface area contributed by atoms with E-state index in [2.05, 4.69) is 4.98 Å². The molecule has 0 saturated carbocycles. The summed E-state index contributed by atoms with van der Waals surface area (Å²) in [5.74, 6) is 0.227. The highest BCUT2D eigenvalue weighted by molar-refractivity contribution is 7.95. The third-order valence-corrected chi connectivity index (χ3v) is 6.19. The summed E-state index contributed by atoms with van der Waals surface area (Å²) < 4.78 is 30.4. The maximum absolute atomic E-state index is 12.7. The topological polar surface area (TPSA) is 82.6 Å². The molecule has 0 bridgehead atoms. The van der Waals surface area contributed by atoms with Crippen molar-refractivity contribution < 1.29 is 18.3 Å². The maximum atomic E-state index is 12.7. The van der Waals surface area contributed by atoms with Gasteiger partial charge < -0.3 is 14.7 Å². The molecule has 1 aromatic carbocycles. The molecule has 0 radical (unpaired) electrons. The van der Waals surface area contributed by atoms with Gasteiger partial charge in [-0.25, -0.2) is 8.42 Å². The first-order valence-corrected chi connectivity index (χ1v) is 8.91. The number of rotatable bonds is 4. The van der Waals surface area contributed by atoms with Gasteiger partial charge in [-0.3, -0.25) is 4.98 Å². The summed E-state index contributed by atoms with van der Waals surface area (Å²) in [7, 11) is -2.15. The average molecular weight is 345 g/mol. The van der Waals surface area contributed by atoms with Crippen LogP contribution in [0.25, 0.3) is 0 Å². The first-order valence-electron chi connectivity index (χ1n) is 7.36.